The van der Waals surface area contributed by atoms with Gasteiger partial charge in [0.25, 0.3) is 0 Å². The van der Waals surface area contributed by atoms with Crippen molar-refractivity contribution in [3.05, 3.63) is 0 Å². The van der Waals surface area contributed by atoms with Crippen molar-refractivity contribution >= 4 is 5.97 Å². The molecule has 0 aromatic rings. The molecule has 1 aliphatic carbocycles. The lowest BCUT2D eigenvalue weighted by molar-refractivity contribution is -0.140. The Balaban J connectivity index is 2.47. The van der Waals surface area contributed by atoms with E-state index in [4.69, 9.17) is 0 Å². The van der Waals surface area contributed by atoms with E-state index in [1.165, 1.54) is 0 Å². The van der Waals surface area contributed by atoms with Gasteiger partial charge in [-0.1, -0.05) is 27.7 Å². The highest BCUT2D eigenvalue weighted by Gasteiger charge is 2.29. The fourth-order valence-electron chi connectivity index (χ4n) is 2.17. The quantitative estimate of drug-likeness (QED) is 0.612. The standard InChI is InChI=1S/C16H32N2O2/c1-12(2)7-9-18(10-8-13(3)4)11-15(16(19)20)17-14-5-6-14/h12-15,17H,5-11H2,1-4H3,(H,19,20). The summed E-state index contributed by atoms with van der Waals surface area (Å²) in [5, 5.41) is 12.6. The lowest BCUT2D eigenvalue weighted by atomic mass is 10.1. The molecule has 1 fully saturated rings. The molecule has 1 unspecified atom stereocenters. The van der Waals surface area contributed by atoms with Crippen molar-refractivity contribution in [3.63, 3.8) is 0 Å². The second-order valence-electron chi connectivity index (χ2n) is 7.00. The summed E-state index contributed by atoms with van der Waals surface area (Å²) >= 11 is 0. The highest BCUT2D eigenvalue weighted by Crippen LogP contribution is 2.19. The van der Waals surface area contributed by atoms with Gasteiger partial charge >= 0.3 is 5.97 Å². The summed E-state index contributed by atoms with van der Waals surface area (Å²) in [6.07, 6.45) is 4.52. The second-order valence-corrected chi connectivity index (χ2v) is 7.00. The van der Waals surface area contributed by atoms with Gasteiger partial charge in [0.05, 0.1) is 0 Å². The van der Waals surface area contributed by atoms with Crippen molar-refractivity contribution in [2.24, 2.45) is 11.8 Å². The van der Waals surface area contributed by atoms with Gasteiger partial charge in [-0.05, 0) is 50.6 Å². The minimum Gasteiger partial charge on any atom is -0.480 e. The van der Waals surface area contributed by atoms with Gasteiger partial charge in [-0.2, -0.15) is 0 Å². The molecule has 20 heavy (non-hydrogen) atoms. The van der Waals surface area contributed by atoms with Crippen LogP contribution < -0.4 is 5.32 Å². The number of carboxylic acid groups (broad SMARTS) is 1. The molecule has 0 spiro atoms. The van der Waals surface area contributed by atoms with E-state index in [2.05, 4.69) is 37.9 Å². The number of rotatable bonds is 11. The van der Waals surface area contributed by atoms with Gasteiger partial charge in [-0.3, -0.25) is 4.79 Å². The van der Waals surface area contributed by atoms with E-state index in [9.17, 15) is 9.90 Å². The van der Waals surface area contributed by atoms with Crippen LogP contribution in [0.1, 0.15) is 53.4 Å². The summed E-state index contributed by atoms with van der Waals surface area (Å²) < 4.78 is 0. The van der Waals surface area contributed by atoms with E-state index in [-0.39, 0.29) is 0 Å². The van der Waals surface area contributed by atoms with Gasteiger partial charge in [-0.25, -0.2) is 0 Å². The first-order valence-electron chi connectivity index (χ1n) is 8.09. The minimum absolute atomic E-state index is 0.415. The van der Waals surface area contributed by atoms with Crippen LogP contribution in [0.15, 0.2) is 0 Å². The number of nitrogens with zero attached hydrogens (tertiary/aromatic N) is 1. The minimum atomic E-state index is -0.712. The molecule has 4 heteroatoms. The van der Waals surface area contributed by atoms with Gasteiger partial charge in [0, 0.05) is 12.6 Å². The summed E-state index contributed by atoms with van der Waals surface area (Å²) in [5.41, 5.74) is 0. The SMILES string of the molecule is CC(C)CCN(CCC(C)C)CC(NC1CC1)C(=O)O. The number of hydrogen-bond donors (Lipinski definition) is 2. The van der Waals surface area contributed by atoms with Crippen molar-refractivity contribution in [1.29, 1.82) is 0 Å². The monoisotopic (exact) mass is 284 g/mol. The molecule has 0 aromatic heterocycles. The van der Waals surface area contributed by atoms with Crippen LogP contribution in [0.3, 0.4) is 0 Å². The Morgan fingerprint density at radius 3 is 2.00 bits per heavy atom. The topological polar surface area (TPSA) is 52.6 Å². The second kappa shape index (κ2) is 8.63. The molecule has 1 saturated carbocycles. The molecule has 0 aliphatic heterocycles. The number of hydrogen-bond acceptors (Lipinski definition) is 3. The summed E-state index contributed by atoms with van der Waals surface area (Å²) in [6, 6.07) is 0.0231. The summed E-state index contributed by atoms with van der Waals surface area (Å²) in [4.78, 5) is 13.7. The van der Waals surface area contributed by atoms with Crippen LogP contribution in [0, 0.1) is 11.8 Å². The Hall–Kier alpha value is -0.610. The zero-order valence-electron chi connectivity index (χ0n) is 13.6. The van der Waals surface area contributed by atoms with Crippen molar-refractivity contribution in [2.45, 2.75) is 65.5 Å². The highest BCUT2D eigenvalue weighted by atomic mass is 16.4. The fourth-order valence-corrected chi connectivity index (χ4v) is 2.17. The van der Waals surface area contributed by atoms with Crippen LogP contribution in [0.2, 0.25) is 0 Å². The van der Waals surface area contributed by atoms with Gasteiger partial charge in [0.1, 0.15) is 6.04 Å². The smallest absolute Gasteiger partial charge is 0.322 e. The molecule has 0 saturated heterocycles. The van der Waals surface area contributed by atoms with Crippen molar-refractivity contribution in [1.82, 2.24) is 10.2 Å². The molecule has 4 nitrogen and oxygen atoms in total. The van der Waals surface area contributed by atoms with Crippen LogP contribution in [0.25, 0.3) is 0 Å². The Kier molecular flexibility index (Phi) is 7.52. The summed E-state index contributed by atoms with van der Waals surface area (Å²) in [5.74, 6) is 0.614. The van der Waals surface area contributed by atoms with Crippen molar-refractivity contribution in [3.8, 4) is 0 Å². The maximum Gasteiger partial charge on any atom is 0.322 e. The molecule has 1 aliphatic rings. The number of nitrogens with one attached hydrogen (secondary N) is 1. The largest absolute Gasteiger partial charge is 0.480 e. The van der Waals surface area contributed by atoms with Gasteiger partial charge in [0.15, 0.2) is 0 Å². The van der Waals surface area contributed by atoms with E-state index in [0.29, 0.717) is 24.4 Å². The Labute approximate surface area is 123 Å². The molecule has 1 atom stereocenters. The van der Waals surface area contributed by atoms with Crippen LogP contribution >= 0.6 is 0 Å². The van der Waals surface area contributed by atoms with Crippen LogP contribution in [0.4, 0.5) is 0 Å². The molecule has 0 radical (unpaired) electrons. The van der Waals surface area contributed by atoms with Crippen molar-refractivity contribution < 1.29 is 9.90 Å². The third-order valence-corrected chi connectivity index (χ3v) is 3.80. The number of aliphatic carboxylic acids is 1. The van der Waals surface area contributed by atoms with Gasteiger partial charge in [0.2, 0.25) is 0 Å². The molecule has 0 aromatic carbocycles. The molecular formula is C16H32N2O2. The summed E-state index contributed by atoms with van der Waals surface area (Å²) in [6.45, 7) is 11.5. The first-order chi connectivity index (χ1) is 9.38. The highest BCUT2D eigenvalue weighted by molar-refractivity contribution is 5.73. The maximum absolute atomic E-state index is 11.4. The van der Waals surface area contributed by atoms with Crippen LogP contribution in [-0.2, 0) is 4.79 Å². The first-order valence-corrected chi connectivity index (χ1v) is 8.09. The lowest BCUT2D eigenvalue weighted by Gasteiger charge is -2.27. The first kappa shape index (κ1) is 17.4. The van der Waals surface area contributed by atoms with E-state index in [1.807, 2.05) is 0 Å². The Bertz CT molecular complexity index is 276. The molecule has 2 N–H and O–H groups in total. The average Bonchev–Trinajstić information content (AvgIpc) is 3.14. The van der Waals surface area contributed by atoms with Gasteiger partial charge in [-0.15, -0.1) is 0 Å². The molecule has 0 heterocycles. The Morgan fingerprint density at radius 2 is 1.65 bits per heavy atom. The predicted molar refractivity (Wildman–Crippen MR) is 82.9 cm³/mol. The van der Waals surface area contributed by atoms with E-state index in [0.717, 1.165) is 38.8 Å². The van der Waals surface area contributed by atoms with E-state index in [1.54, 1.807) is 0 Å². The van der Waals surface area contributed by atoms with Crippen molar-refractivity contribution in [2.75, 3.05) is 19.6 Å². The zero-order valence-corrected chi connectivity index (χ0v) is 13.6. The zero-order chi connectivity index (χ0) is 15.1. The maximum atomic E-state index is 11.4. The normalized spacial score (nSPS) is 17.1. The third-order valence-electron chi connectivity index (χ3n) is 3.80. The predicted octanol–water partition coefficient (Wildman–Crippen LogP) is 2.59. The van der Waals surface area contributed by atoms with Crippen LogP contribution in [0.5, 0.6) is 0 Å². The lowest BCUT2D eigenvalue weighted by Crippen LogP contribution is -2.47. The number of carboxylic acids is 1. The fraction of sp³-hybridized carbons (Fsp3) is 0.938. The third kappa shape index (κ3) is 7.85. The molecule has 1 rings (SSSR count). The molecule has 0 amide bonds. The molecule has 118 valence electrons. The molecular weight excluding hydrogens is 252 g/mol. The van der Waals surface area contributed by atoms with Crippen LogP contribution in [-0.4, -0.2) is 47.7 Å². The molecule has 0 bridgehead atoms. The summed E-state index contributed by atoms with van der Waals surface area (Å²) in [7, 11) is 0. The van der Waals surface area contributed by atoms with Gasteiger partial charge < -0.3 is 15.3 Å². The number of carbonyl (C=O) groups is 1. The Morgan fingerprint density at radius 1 is 1.15 bits per heavy atom. The van der Waals surface area contributed by atoms with E-state index < -0.39 is 12.0 Å². The van der Waals surface area contributed by atoms with E-state index >= 15 is 0 Å². The average molecular weight is 284 g/mol.